The molecule has 2 N–H and O–H groups in total. The van der Waals surface area contributed by atoms with Crippen LogP contribution in [0.4, 0.5) is 0 Å². The summed E-state index contributed by atoms with van der Waals surface area (Å²) in [5.41, 5.74) is 0. The molecule has 0 aliphatic rings. The van der Waals surface area contributed by atoms with Gasteiger partial charge in [0.25, 0.3) is 0 Å². The third-order valence-electron chi connectivity index (χ3n) is 2.22. The van der Waals surface area contributed by atoms with E-state index in [0.29, 0.717) is 12.5 Å². The van der Waals surface area contributed by atoms with E-state index in [1.807, 2.05) is 19.9 Å². The highest BCUT2D eigenvalue weighted by Gasteiger charge is 2.21. The third-order valence-corrected chi connectivity index (χ3v) is 2.22. The molecular weight excluding hydrogens is 218 g/mol. The zero-order chi connectivity index (χ0) is 13.4. The summed E-state index contributed by atoms with van der Waals surface area (Å²) < 4.78 is 0. The van der Waals surface area contributed by atoms with Crippen LogP contribution in [0.25, 0.3) is 0 Å². The van der Waals surface area contributed by atoms with E-state index in [9.17, 15) is 9.59 Å². The number of nitrogens with one attached hydrogen (secondary N) is 2. The number of hydrogen-bond donors (Lipinski definition) is 2. The van der Waals surface area contributed by atoms with Gasteiger partial charge >= 0.3 is 0 Å². The number of nitriles is 1. The number of carbonyl (C=O) groups excluding carboxylic acids is 2. The maximum Gasteiger partial charge on any atom is 0.239 e. The summed E-state index contributed by atoms with van der Waals surface area (Å²) in [6, 6.07) is 1.93. The predicted octanol–water partition coefficient (Wildman–Crippen LogP) is 0.671. The Labute approximate surface area is 103 Å². The Bertz CT molecular complexity index is 305. The molecule has 0 rings (SSSR count). The van der Waals surface area contributed by atoms with Crippen LogP contribution < -0.4 is 10.6 Å². The van der Waals surface area contributed by atoms with Crippen LogP contribution in [0.15, 0.2) is 0 Å². The largest absolute Gasteiger partial charge is 0.354 e. The number of amides is 2. The molecule has 2 amide bonds. The Hall–Kier alpha value is -1.57. The summed E-state index contributed by atoms with van der Waals surface area (Å²) in [5, 5.41) is 13.9. The van der Waals surface area contributed by atoms with Crippen molar-refractivity contribution < 1.29 is 9.59 Å². The standard InChI is InChI=1S/C12H21N3O2/c1-8(2)6-14-11(16)7-15-12(17)10(5-13)9(3)4/h8-10H,6-7H2,1-4H3,(H,14,16)(H,15,17). The van der Waals surface area contributed by atoms with Crippen molar-refractivity contribution in [1.29, 1.82) is 5.26 Å². The lowest BCUT2D eigenvalue weighted by Gasteiger charge is -2.13. The summed E-state index contributed by atoms with van der Waals surface area (Å²) in [4.78, 5) is 22.9. The molecule has 5 nitrogen and oxygen atoms in total. The van der Waals surface area contributed by atoms with Gasteiger partial charge in [-0.2, -0.15) is 5.26 Å². The normalized spacial score (nSPS) is 12.1. The lowest BCUT2D eigenvalue weighted by Crippen LogP contribution is -2.41. The fourth-order valence-electron chi connectivity index (χ4n) is 1.17. The minimum Gasteiger partial charge on any atom is -0.354 e. The first-order chi connectivity index (χ1) is 7.88. The Morgan fingerprint density at radius 1 is 1.18 bits per heavy atom. The van der Waals surface area contributed by atoms with Crippen LogP contribution in [0.5, 0.6) is 0 Å². The summed E-state index contributed by atoms with van der Waals surface area (Å²) in [5.74, 6) is -1.00. The maximum atomic E-state index is 11.5. The Kier molecular flexibility index (Phi) is 6.95. The van der Waals surface area contributed by atoms with Gasteiger partial charge in [0, 0.05) is 6.54 Å². The van der Waals surface area contributed by atoms with Gasteiger partial charge in [0.2, 0.25) is 11.8 Å². The zero-order valence-corrected chi connectivity index (χ0v) is 10.9. The van der Waals surface area contributed by atoms with Crippen LogP contribution in [0.3, 0.4) is 0 Å². The molecule has 0 saturated heterocycles. The quantitative estimate of drug-likeness (QED) is 0.714. The van der Waals surface area contributed by atoms with E-state index in [0.717, 1.165) is 0 Å². The summed E-state index contributed by atoms with van der Waals surface area (Å²) in [7, 11) is 0. The van der Waals surface area contributed by atoms with E-state index in [1.54, 1.807) is 13.8 Å². The van der Waals surface area contributed by atoms with E-state index >= 15 is 0 Å². The molecule has 1 unspecified atom stereocenters. The van der Waals surface area contributed by atoms with Crippen molar-refractivity contribution in [3.05, 3.63) is 0 Å². The zero-order valence-electron chi connectivity index (χ0n) is 10.9. The van der Waals surface area contributed by atoms with Crippen molar-refractivity contribution in [2.24, 2.45) is 17.8 Å². The van der Waals surface area contributed by atoms with Gasteiger partial charge in [-0.3, -0.25) is 9.59 Å². The fourth-order valence-corrected chi connectivity index (χ4v) is 1.17. The van der Waals surface area contributed by atoms with E-state index in [4.69, 9.17) is 5.26 Å². The highest BCUT2D eigenvalue weighted by atomic mass is 16.2. The second kappa shape index (κ2) is 7.66. The van der Waals surface area contributed by atoms with Crippen LogP contribution >= 0.6 is 0 Å². The van der Waals surface area contributed by atoms with Crippen molar-refractivity contribution in [2.75, 3.05) is 13.1 Å². The number of rotatable bonds is 6. The maximum absolute atomic E-state index is 11.5. The molecule has 17 heavy (non-hydrogen) atoms. The number of carbonyl (C=O) groups is 2. The minimum absolute atomic E-state index is 0.0567. The van der Waals surface area contributed by atoms with E-state index in [-0.39, 0.29) is 24.3 Å². The number of nitrogens with zero attached hydrogens (tertiary/aromatic N) is 1. The smallest absolute Gasteiger partial charge is 0.239 e. The average Bonchev–Trinajstić information content (AvgIpc) is 2.23. The van der Waals surface area contributed by atoms with Gasteiger partial charge in [0.05, 0.1) is 12.6 Å². The van der Waals surface area contributed by atoms with Crippen LogP contribution in [0, 0.1) is 29.1 Å². The van der Waals surface area contributed by atoms with Crippen molar-refractivity contribution in [3.8, 4) is 6.07 Å². The van der Waals surface area contributed by atoms with Gasteiger partial charge in [-0.05, 0) is 11.8 Å². The van der Waals surface area contributed by atoms with E-state index < -0.39 is 5.92 Å². The van der Waals surface area contributed by atoms with E-state index in [1.165, 1.54) is 0 Å². The SMILES string of the molecule is CC(C)CNC(=O)CNC(=O)C(C#N)C(C)C. The first-order valence-electron chi connectivity index (χ1n) is 5.82. The Morgan fingerprint density at radius 3 is 2.18 bits per heavy atom. The van der Waals surface area contributed by atoms with Gasteiger partial charge in [-0.1, -0.05) is 27.7 Å². The van der Waals surface area contributed by atoms with Crippen molar-refractivity contribution >= 4 is 11.8 Å². The molecule has 0 fully saturated rings. The van der Waals surface area contributed by atoms with Gasteiger partial charge < -0.3 is 10.6 Å². The van der Waals surface area contributed by atoms with Crippen molar-refractivity contribution in [3.63, 3.8) is 0 Å². The molecule has 5 heteroatoms. The summed E-state index contributed by atoms with van der Waals surface area (Å²) in [6.45, 7) is 8.09. The lowest BCUT2D eigenvalue weighted by molar-refractivity contribution is -0.128. The van der Waals surface area contributed by atoms with Gasteiger partial charge in [-0.25, -0.2) is 0 Å². The third kappa shape index (κ3) is 6.56. The second-order valence-electron chi connectivity index (χ2n) is 4.77. The molecule has 96 valence electrons. The molecule has 0 saturated carbocycles. The molecule has 0 aromatic heterocycles. The van der Waals surface area contributed by atoms with Crippen molar-refractivity contribution in [2.45, 2.75) is 27.7 Å². The molecular formula is C12H21N3O2. The summed E-state index contributed by atoms with van der Waals surface area (Å²) >= 11 is 0. The van der Waals surface area contributed by atoms with Gasteiger partial charge in [-0.15, -0.1) is 0 Å². The highest BCUT2D eigenvalue weighted by molar-refractivity contribution is 5.87. The molecule has 0 aliphatic heterocycles. The molecule has 0 bridgehead atoms. The molecule has 0 aromatic carbocycles. The van der Waals surface area contributed by atoms with Crippen molar-refractivity contribution in [1.82, 2.24) is 10.6 Å². The Morgan fingerprint density at radius 2 is 1.76 bits per heavy atom. The Balaban J connectivity index is 3.99. The monoisotopic (exact) mass is 239 g/mol. The lowest BCUT2D eigenvalue weighted by atomic mass is 9.97. The number of hydrogen-bond acceptors (Lipinski definition) is 3. The topological polar surface area (TPSA) is 82.0 Å². The highest BCUT2D eigenvalue weighted by Crippen LogP contribution is 2.08. The fraction of sp³-hybridized carbons (Fsp3) is 0.750. The van der Waals surface area contributed by atoms with Crippen LogP contribution in [0.2, 0.25) is 0 Å². The minimum atomic E-state index is -0.701. The molecule has 0 aromatic rings. The van der Waals surface area contributed by atoms with Crippen LogP contribution in [-0.2, 0) is 9.59 Å². The first kappa shape index (κ1) is 15.4. The molecule has 0 spiro atoms. The molecule has 1 atom stereocenters. The van der Waals surface area contributed by atoms with Gasteiger partial charge in [0.15, 0.2) is 0 Å². The second-order valence-corrected chi connectivity index (χ2v) is 4.77. The van der Waals surface area contributed by atoms with E-state index in [2.05, 4.69) is 10.6 Å². The predicted molar refractivity (Wildman–Crippen MR) is 64.8 cm³/mol. The molecule has 0 aliphatic carbocycles. The van der Waals surface area contributed by atoms with Gasteiger partial charge in [0.1, 0.15) is 5.92 Å². The average molecular weight is 239 g/mol. The van der Waals surface area contributed by atoms with Crippen LogP contribution in [-0.4, -0.2) is 24.9 Å². The molecule has 0 radical (unpaired) electrons. The first-order valence-corrected chi connectivity index (χ1v) is 5.82. The van der Waals surface area contributed by atoms with Crippen LogP contribution in [0.1, 0.15) is 27.7 Å². The molecule has 0 heterocycles. The summed E-state index contributed by atoms with van der Waals surface area (Å²) in [6.07, 6.45) is 0.